The van der Waals surface area contributed by atoms with Crippen LogP contribution in [0.15, 0.2) is 12.1 Å². The van der Waals surface area contributed by atoms with Gasteiger partial charge in [0.2, 0.25) is 5.91 Å². The van der Waals surface area contributed by atoms with E-state index in [4.69, 9.17) is 5.11 Å². The quantitative estimate of drug-likeness (QED) is 0.892. The average Bonchev–Trinajstić information content (AvgIpc) is 2.85. The van der Waals surface area contributed by atoms with Gasteiger partial charge in [0.25, 0.3) is 5.91 Å². The first-order chi connectivity index (χ1) is 9.97. The zero-order chi connectivity index (χ0) is 15.4. The molecule has 0 spiro atoms. The molecular weight excluding hydrogens is 292 g/mol. The van der Waals surface area contributed by atoms with Crippen LogP contribution in [-0.2, 0) is 9.59 Å². The van der Waals surface area contributed by atoms with Crippen molar-refractivity contribution in [1.82, 2.24) is 4.90 Å². The molecule has 0 radical (unpaired) electrons. The number of aliphatic carboxylic acids is 1. The minimum Gasteiger partial charge on any atom is -0.481 e. The second-order valence-electron chi connectivity index (χ2n) is 5.09. The van der Waals surface area contributed by atoms with Gasteiger partial charge in [0.1, 0.15) is 0 Å². The van der Waals surface area contributed by atoms with Crippen molar-refractivity contribution in [2.45, 2.75) is 38.6 Å². The number of hydrogen-bond donors (Lipinski definition) is 2. The highest BCUT2D eigenvalue weighted by Gasteiger charge is 2.29. The number of amides is 2. The number of likely N-dealkylation sites (tertiary alicyclic amines) is 1. The monoisotopic (exact) mass is 310 g/mol. The Morgan fingerprint density at radius 1 is 1.38 bits per heavy atom. The van der Waals surface area contributed by atoms with Gasteiger partial charge < -0.3 is 15.3 Å². The maximum Gasteiger partial charge on any atom is 0.305 e. The highest BCUT2D eigenvalue weighted by Crippen LogP contribution is 2.27. The van der Waals surface area contributed by atoms with Gasteiger partial charge >= 0.3 is 5.97 Å². The summed E-state index contributed by atoms with van der Waals surface area (Å²) in [5, 5.41) is 12.2. The molecule has 1 fully saturated rings. The van der Waals surface area contributed by atoms with Crippen LogP contribution in [0.5, 0.6) is 0 Å². The third-order valence-corrected chi connectivity index (χ3v) is 4.40. The number of nitrogens with one attached hydrogen (secondary N) is 1. The largest absolute Gasteiger partial charge is 0.481 e. The molecule has 0 aromatic carbocycles. The molecule has 2 amide bonds. The van der Waals surface area contributed by atoms with Crippen LogP contribution in [0.25, 0.3) is 0 Å². The number of carboxylic acid groups (broad SMARTS) is 1. The molecule has 6 nitrogen and oxygen atoms in total. The molecule has 1 atom stereocenters. The van der Waals surface area contributed by atoms with Crippen LogP contribution >= 0.6 is 11.3 Å². The van der Waals surface area contributed by atoms with Crippen LogP contribution in [0.4, 0.5) is 5.00 Å². The molecule has 7 heteroatoms. The van der Waals surface area contributed by atoms with Crippen LogP contribution in [0.2, 0.25) is 0 Å². The Balaban J connectivity index is 2.10. The number of thiophene rings is 1. The molecule has 21 heavy (non-hydrogen) atoms. The predicted molar refractivity (Wildman–Crippen MR) is 79.6 cm³/mol. The number of hydrogen-bond acceptors (Lipinski definition) is 4. The minimum absolute atomic E-state index is 0.0182. The van der Waals surface area contributed by atoms with Gasteiger partial charge in [-0.2, -0.15) is 0 Å². The lowest BCUT2D eigenvalue weighted by atomic mass is 9.99. The van der Waals surface area contributed by atoms with Crippen molar-refractivity contribution in [3.8, 4) is 0 Å². The SMILES string of the molecule is CC(=O)Nc1ccc(C(=O)N2CCCCC2CC(=O)O)s1. The van der Waals surface area contributed by atoms with Crippen LogP contribution in [0.1, 0.15) is 42.3 Å². The number of rotatable bonds is 4. The van der Waals surface area contributed by atoms with E-state index >= 15 is 0 Å². The lowest BCUT2D eigenvalue weighted by Gasteiger charge is -2.34. The number of carbonyl (C=O) groups excluding carboxylic acids is 2. The first kappa shape index (κ1) is 15.5. The molecule has 1 aliphatic heterocycles. The maximum absolute atomic E-state index is 12.5. The Morgan fingerprint density at radius 3 is 2.81 bits per heavy atom. The van der Waals surface area contributed by atoms with Crippen LogP contribution in [0, 0.1) is 0 Å². The zero-order valence-electron chi connectivity index (χ0n) is 11.8. The third kappa shape index (κ3) is 4.04. The highest BCUT2D eigenvalue weighted by atomic mass is 32.1. The van der Waals surface area contributed by atoms with Crippen molar-refractivity contribution in [3.63, 3.8) is 0 Å². The number of carboxylic acids is 1. The normalized spacial score (nSPS) is 18.3. The Kier molecular flexibility index (Phi) is 4.95. The number of carbonyl (C=O) groups is 3. The van der Waals surface area contributed by atoms with Gasteiger partial charge in [0.05, 0.1) is 16.3 Å². The van der Waals surface area contributed by atoms with Crippen molar-refractivity contribution >= 4 is 34.1 Å². The standard InChI is InChI=1S/C14H18N2O4S/c1-9(17)15-12-6-5-11(21-12)14(20)16-7-3-2-4-10(16)8-13(18)19/h5-6,10H,2-4,7-8H2,1H3,(H,15,17)(H,18,19). The van der Waals surface area contributed by atoms with E-state index in [0.717, 1.165) is 19.3 Å². The van der Waals surface area contributed by atoms with Gasteiger partial charge in [-0.05, 0) is 31.4 Å². The highest BCUT2D eigenvalue weighted by molar-refractivity contribution is 7.18. The van der Waals surface area contributed by atoms with E-state index in [2.05, 4.69) is 5.32 Å². The zero-order valence-corrected chi connectivity index (χ0v) is 12.6. The fourth-order valence-corrected chi connectivity index (χ4v) is 3.43. The number of piperidine rings is 1. The van der Waals surface area contributed by atoms with Gasteiger partial charge in [-0.25, -0.2) is 0 Å². The van der Waals surface area contributed by atoms with E-state index in [1.807, 2.05) is 0 Å². The summed E-state index contributed by atoms with van der Waals surface area (Å²) in [7, 11) is 0. The molecule has 0 aliphatic carbocycles. The van der Waals surface area contributed by atoms with E-state index in [-0.39, 0.29) is 24.3 Å². The smallest absolute Gasteiger partial charge is 0.305 e. The second kappa shape index (κ2) is 6.71. The molecule has 2 N–H and O–H groups in total. The van der Waals surface area contributed by atoms with Gasteiger partial charge in [0.15, 0.2) is 0 Å². The van der Waals surface area contributed by atoms with Crippen molar-refractivity contribution in [1.29, 1.82) is 0 Å². The van der Waals surface area contributed by atoms with Crippen LogP contribution < -0.4 is 5.32 Å². The topological polar surface area (TPSA) is 86.7 Å². The van der Waals surface area contributed by atoms with E-state index < -0.39 is 5.97 Å². The molecule has 1 saturated heterocycles. The molecule has 2 heterocycles. The van der Waals surface area contributed by atoms with Crippen LogP contribution in [-0.4, -0.2) is 40.4 Å². The fourth-order valence-electron chi connectivity index (χ4n) is 2.52. The lowest BCUT2D eigenvalue weighted by molar-refractivity contribution is -0.138. The molecule has 0 bridgehead atoms. The Bertz CT molecular complexity index is 555. The first-order valence-electron chi connectivity index (χ1n) is 6.87. The molecule has 2 rings (SSSR count). The Hall–Kier alpha value is -1.89. The summed E-state index contributed by atoms with van der Waals surface area (Å²) in [6.45, 7) is 2.00. The van der Waals surface area contributed by atoms with E-state index in [1.165, 1.54) is 18.3 Å². The molecular formula is C14H18N2O4S. The fraction of sp³-hybridized carbons (Fsp3) is 0.500. The molecule has 1 aromatic rings. The average molecular weight is 310 g/mol. The summed E-state index contributed by atoms with van der Waals surface area (Å²) < 4.78 is 0. The van der Waals surface area contributed by atoms with Crippen molar-refractivity contribution in [2.24, 2.45) is 0 Å². The van der Waals surface area contributed by atoms with E-state index in [1.54, 1.807) is 17.0 Å². The minimum atomic E-state index is -0.884. The summed E-state index contributed by atoms with van der Waals surface area (Å²) in [4.78, 5) is 36.6. The molecule has 1 aliphatic rings. The summed E-state index contributed by atoms with van der Waals surface area (Å²) >= 11 is 1.21. The Morgan fingerprint density at radius 2 is 2.14 bits per heavy atom. The number of nitrogens with zero attached hydrogens (tertiary/aromatic N) is 1. The summed E-state index contributed by atoms with van der Waals surface area (Å²) in [6.07, 6.45) is 2.55. The first-order valence-corrected chi connectivity index (χ1v) is 7.69. The third-order valence-electron chi connectivity index (χ3n) is 3.41. The summed E-state index contributed by atoms with van der Waals surface area (Å²) in [5.41, 5.74) is 0. The van der Waals surface area contributed by atoms with Crippen molar-refractivity contribution in [3.05, 3.63) is 17.0 Å². The second-order valence-corrected chi connectivity index (χ2v) is 6.17. The molecule has 1 unspecified atom stereocenters. The van der Waals surface area contributed by atoms with Gasteiger partial charge in [-0.1, -0.05) is 0 Å². The molecule has 0 saturated carbocycles. The number of anilines is 1. The van der Waals surface area contributed by atoms with E-state index in [0.29, 0.717) is 16.4 Å². The Labute approximate surface area is 126 Å². The van der Waals surface area contributed by atoms with E-state index in [9.17, 15) is 14.4 Å². The summed E-state index contributed by atoms with van der Waals surface area (Å²) in [5.74, 6) is -1.22. The van der Waals surface area contributed by atoms with Gasteiger partial charge in [-0.15, -0.1) is 11.3 Å². The lowest BCUT2D eigenvalue weighted by Crippen LogP contribution is -2.44. The van der Waals surface area contributed by atoms with Gasteiger partial charge in [-0.3, -0.25) is 14.4 Å². The summed E-state index contributed by atoms with van der Waals surface area (Å²) in [6, 6.07) is 3.12. The van der Waals surface area contributed by atoms with Gasteiger partial charge in [0, 0.05) is 19.5 Å². The van der Waals surface area contributed by atoms with Crippen LogP contribution in [0.3, 0.4) is 0 Å². The van der Waals surface area contributed by atoms with Crippen molar-refractivity contribution < 1.29 is 19.5 Å². The predicted octanol–water partition coefficient (Wildman–Crippen LogP) is 2.18. The maximum atomic E-state index is 12.5. The molecule has 1 aromatic heterocycles. The van der Waals surface area contributed by atoms with Crippen molar-refractivity contribution in [2.75, 3.05) is 11.9 Å². The molecule has 114 valence electrons.